The standard InChI is InChI=1S/C31H35F3N6O5/c1-3-36-26-10-19(23-7-6-21(45-31(33)34)12-24(23)30(43)40-16-20(32)17-40)11-27(37-26)38-28(41)25-9-18(15-39(2)29(25)42)13-35-14-22-5-4-8-44-22/h6-7,9-12,15,20,22,31,35H,3-5,8,13-14,16-17H2,1-2H3,(H2,36,37,38,41)/t22-/m0/s1. The van der Waals surface area contributed by atoms with Gasteiger partial charge in [0.1, 0.15) is 29.1 Å². The maximum atomic E-state index is 13.6. The zero-order chi connectivity index (χ0) is 32.1. The highest BCUT2D eigenvalue weighted by Crippen LogP contribution is 2.33. The molecule has 0 saturated carbocycles. The van der Waals surface area contributed by atoms with Crippen LogP contribution in [0.15, 0.2) is 47.4 Å². The van der Waals surface area contributed by atoms with Crippen LogP contribution in [0.4, 0.5) is 24.8 Å². The fourth-order valence-electron chi connectivity index (χ4n) is 5.32. The van der Waals surface area contributed by atoms with Gasteiger partial charge in [0.25, 0.3) is 17.4 Å². The molecule has 0 bridgehead atoms. The summed E-state index contributed by atoms with van der Waals surface area (Å²) in [7, 11) is 1.56. The second-order valence-corrected chi connectivity index (χ2v) is 10.9. The van der Waals surface area contributed by atoms with Gasteiger partial charge in [0.15, 0.2) is 0 Å². The van der Waals surface area contributed by atoms with E-state index in [1.165, 1.54) is 39.8 Å². The number of likely N-dealkylation sites (tertiary alicyclic amines) is 1. The number of halogens is 3. The molecule has 45 heavy (non-hydrogen) atoms. The Balaban J connectivity index is 1.43. The fraction of sp³-hybridized carbons (Fsp3) is 0.419. The van der Waals surface area contributed by atoms with Crippen LogP contribution in [0.1, 0.15) is 46.0 Å². The average Bonchev–Trinajstić information content (AvgIpc) is 3.50. The molecule has 3 aromatic rings. The fourth-order valence-corrected chi connectivity index (χ4v) is 5.32. The lowest BCUT2D eigenvalue weighted by atomic mass is 9.97. The highest BCUT2D eigenvalue weighted by molar-refractivity contribution is 6.05. The summed E-state index contributed by atoms with van der Waals surface area (Å²) in [6.07, 6.45) is 2.64. The van der Waals surface area contributed by atoms with E-state index in [-0.39, 0.29) is 41.9 Å². The number of aromatic nitrogens is 2. The number of amides is 2. The number of hydrogen-bond acceptors (Lipinski definition) is 8. The van der Waals surface area contributed by atoms with E-state index in [1.54, 1.807) is 19.3 Å². The predicted molar refractivity (Wildman–Crippen MR) is 162 cm³/mol. The molecule has 11 nitrogen and oxygen atoms in total. The maximum Gasteiger partial charge on any atom is 0.387 e. The molecule has 0 radical (unpaired) electrons. The second-order valence-electron chi connectivity index (χ2n) is 10.9. The Kier molecular flexibility index (Phi) is 10.0. The highest BCUT2D eigenvalue weighted by atomic mass is 19.3. The topological polar surface area (TPSA) is 127 Å². The monoisotopic (exact) mass is 628 g/mol. The molecule has 5 rings (SSSR count). The van der Waals surface area contributed by atoms with Crippen LogP contribution < -0.4 is 26.2 Å². The molecule has 2 aliphatic heterocycles. The Morgan fingerprint density at radius 3 is 2.60 bits per heavy atom. The maximum absolute atomic E-state index is 13.6. The number of rotatable bonds is 12. The van der Waals surface area contributed by atoms with Crippen LogP contribution in [-0.2, 0) is 18.3 Å². The molecule has 4 heterocycles. The number of carbonyl (C=O) groups excluding carboxylic acids is 2. The first kappa shape index (κ1) is 32.0. The summed E-state index contributed by atoms with van der Waals surface area (Å²) in [6.45, 7) is 0.808. The summed E-state index contributed by atoms with van der Waals surface area (Å²) in [4.78, 5) is 45.3. The summed E-state index contributed by atoms with van der Waals surface area (Å²) in [5.41, 5.74) is 0.904. The van der Waals surface area contributed by atoms with E-state index in [0.717, 1.165) is 25.0 Å². The van der Waals surface area contributed by atoms with Crippen LogP contribution >= 0.6 is 0 Å². The third-order valence-corrected chi connectivity index (χ3v) is 7.52. The molecular formula is C31H35F3N6O5. The first-order valence-electron chi connectivity index (χ1n) is 14.7. The van der Waals surface area contributed by atoms with Gasteiger partial charge >= 0.3 is 6.61 Å². The van der Waals surface area contributed by atoms with E-state index >= 15 is 0 Å². The van der Waals surface area contributed by atoms with Gasteiger partial charge in [-0.2, -0.15) is 8.78 Å². The Morgan fingerprint density at radius 2 is 1.91 bits per heavy atom. The summed E-state index contributed by atoms with van der Waals surface area (Å²) >= 11 is 0. The average molecular weight is 629 g/mol. The van der Waals surface area contributed by atoms with Crippen molar-refractivity contribution in [3.05, 3.63) is 69.6 Å². The summed E-state index contributed by atoms with van der Waals surface area (Å²) < 4.78 is 51.0. The molecule has 3 N–H and O–H groups in total. The van der Waals surface area contributed by atoms with Gasteiger partial charge in [-0.3, -0.25) is 14.4 Å². The number of anilines is 2. The Bertz CT molecular complexity index is 1610. The molecule has 14 heteroatoms. The van der Waals surface area contributed by atoms with Crippen molar-refractivity contribution in [1.29, 1.82) is 0 Å². The third kappa shape index (κ3) is 7.81. The molecule has 1 aromatic carbocycles. The van der Waals surface area contributed by atoms with E-state index in [9.17, 15) is 27.6 Å². The highest BCUT2D eigenvalue weighted by Gasteiger charge is 2.32. The molecule has 1 atom stereocenters. The number of alkyl halides is 3. The number of ether oxygens (including phenoxy) is 2. The molecule has 240 valence electrons. The number of nitrogens with zero attached hydrogens (tertiary/aromatic N) is 3. The SMILES string of the molecule is CCNc1cc(-c2ccc(OC(F)F)cc2C(=O)N2CC(F)C2)cc(NC(=O)c2cc(CNC[C@@H]3CCCO3)cn(C)c2=O)n1. The van der Waals surface area contributed by atoms with Crippen LogP contribution in [-0.4, -0.2) is 77.9 Å². The summed E-state index contributed by atoms with van der Waals surface area (Å²) in [6, 6.07) is 8.58. The molecule has 2 saturated heterocycles. The van der Waals surface area contributed by atoms with Crippen molar-refractivity contribution in [2.45, 2.75) is 45.2 Å². The Hall–Kier alpha value is -4.43. The van der Waals surface area contributed by atoms with Gasteiger partial charge in [-0.1, -0.05) is 0 Å². The smallest absolute Gasteiger partial charge is 0.387 e. The van der Waals surface area contributed by atoms with E-state index in [0.29, 0.717) is 36.6 Å². The van der Waals surface area contributed by atoms with E-state index in [2.05, 4.69) is 25.7 Å². The number of carbonyl (C=O) groups is 2. The number of hydrogen-bond donors (Lipinski definition) is 3. The van der Waals surface area contributed by atoms with Crippen molar-refractivity contribution in [2.75, 3.05) is 43.4 Å². The van der Waals surface area contributed by atoms with Gasteiger partial charge < -0.3 is 34.9 Å². The van der Waals surface area contributed by atoms with Crippen LogP contribution in [0.25, 0.3) is 11.1 Å². The zero-order valence-corrected chi connectivity index (χ0v) is 24.9. The van der Waals surface area contributed by atoms with Crippen LogP contribution in [0.5, 0.6) is 5.75 Å². The van der Waals surface area contributed by atoms with Crippen LogP contribution in [0, 0.1) is 0 Å². The predicted octanol–water partition coefficient (Wildman–Crippen LogP) is 3.80. The van der Waals surface area contributed by atoms with Gasteiger partial charge in [-0.15, -0.1) is 0 Å². The van der Waals surface area contributed by atoms with Crippen molar-refractivity contribution < 1.29 is 32.2 Å². The largest absolute Gasteiger partial charge is 0.435 e. The zero-order valence-electron chi connectivity index (χ0n) is 24.9. The number of nitrogens with one attached hydrogen (secondary N) is 3. The quantitative estimate of drug-likeness (QED) is 0.277. The van der Waals surface area contributed by atoms with Gasteiger partial charge in [0.2, 0.25) is 0 Å². The Labute approximate surface area is 257 Å². The first-order chi connectivity index (χ1) is 21.6. The minimum atomic E-state index is -3.11. The lowest BCUT2D eigenvalue weighted by Crippen LogP contribution is -2.51. The minimum absolute atomic E-state index is 0.0167. The van der Waals surface area contributed by atoms with E-state index in [1.807, 2.05) is 6.92 Å². The normalized spacial score (nSPS) is 16.5. The van der Waals surface area contributed by atoms with Crippen molar-refractivity contribution >= 4 is 23.5 Å². The molecule has 2 amide bonds. The first-order valence-corrected chi connectivity index (χ1v) is 14.7. The number of pyridine rings is 2. The van der Waals surface area contributed by atoms with Crippen molar-refractivity contribution in [1.82, 2.24) is 19.8 Å². The lowest BCUT2D eigenvalue weighted by molar-refractivity contribution is -0.0499. The summed E-state index contributed by atoms with van der Waals surface area (Å²) in [5.74, 6) is -1.04. The molecule has 0 aliphatic carbocycles. The van der Waals surface area contributed by atoms with Crippen molar-refractivity contribution in [2.24, 2.45) is 7.05 Å². The van der Waals surface area contributed by atoms with Gasteiger partial charge in [-0.25, -0.2) is 9.37 Å². The number of benzene rings is 1. The third-order valence-electron chi connectivity index (χ3n) is 7.52. The molecule has 0 unspecified atom stereocenters. The number of aryl methyl sites for hydroxylation is 1. The second kappa shape index (κ2) is 14.1. The molecule has 2 aliphatic rings. The van der Waals surface area contributed by atoms with E-state index in [4.69, 9.17) is 4.74 Å². The minimum Gasteiger partial charge on any atom is -0.435 e. The summed E-state index contributed by atoms with van der Waals surface area (Å²) in [5, 5.41) is 9.06. The molecule has 0 spiro atoms. The van der Waals surface area contributed by atoms with Crippen molar-refractivity contribution in [3.8, 4) is 16.9 Å². The molecule has 2 fully saturated rings. The molecule has 2 aromatic heterocycles. The van der Waals surface area contributed by atoms with Crippen LogP contribution in [0.2, 0.25) is 0 Å². The van der Waals surface area contributed by atoms with Crippen molar-refractivity contribution in [3.63, 3.8) is 0 Å². The van der Waals surface area contributed by atoms with Gasteiger partial charge in [-0.05, 0) is 72.9 Å². The Morgan fingerprint density at radius 1 is 1.13 bits per heavy atom. The van der Waals surface area contributed by atoms with Gasteiger partial charge in [0, 0.05) is 39.5 Å². The van der Waals surface area contributed by atoms with Gasteiger partial charge in [0.05, 0.1) is 24.8 Å². The molecular weight excluding hydrogens is 593 g/mol. The van der Waals surface area contributed by atoms with E-state index < -0.39 is 30.2 Å². The lowest BCUT2D eigenvalue weighted by Gasteiger charge is -2.34. The van der Waals surface area contributed by atoms with Crippen LogP contribution in [0.3, 0.4) is 0 Å².